The summed E-state index contributed by atoms with van der Waals surface area (Å²) in [6.07, 6.45) is 1.45. The molecule has 0 saturated heterocycles. The first-order chi connectivity index (χ1) is 9.52. The molecule has 1 aromatic carbocycles. The number of hydrogen-bond donors (Lipinski definition) is 3. The number of rotatable bonds is 3. The number of nitrogens with one attached hydrogen (secondary N) is 2. The predicted octanol–water partition coefficient (Wildman–Crippen LogP) is 3.23. The number of aryl methyl sites for hydroxylation is 1. The topological polar surface area (TPSA) is 80.0 Å². The third-order valence-corrected chi connectivity index (χ3v) is 3.49. The van der Waals surface area contributed by atoms with Crippen LogP contribution in [0.1, 0.15) is 16.1 Å². The first-order valence-corrected chi connectivity index (χ1v) is 6.47. The largest absolute Gasteiger partial charge is 0.323 e. The van der Waals surface area contributed by atoms with Crippen molar-refractivity contribution in [2.24, 2.45) is 5.84 Å². The summed E-state index contributed by atoms with van der Waals surface area (Å²) in [7, 11) is 0. The molecule has 0 aliphatic heterocycles. The number of hydrazine groups is 1. The van der Waals surface area contributed by atoms with Gasteiger partial charge in [0.25, 0.3) is 5.91 Å². The molecule has 2 rings (SSSR count). The standard InChI is InChI=1S/C13H12Cl2N4O/c1-7-2-4-9(14)12(11(7)15)18-13(20)10-5-3-8(19-16)6-17-10/h2-6,19H,16H2,1H3,(H,18,20). The van der Waals surface area contributed by atoms with Crippen molar-refractivity contribution in [3.63, 3.8) is 0 Å². The van der Waals surface area contributed by atoms with Crippen molar-refractivity contribution in [1.29, 1.82) is 0 Å². The van der Waals surface area contributed by atoms with E-state index in [-0.39, 0.29) is 5.69 Å². The van der Waals surface area contributed by atoms with Crippen molar-refractivity contribution in [3.05, 3.63) is 51.8 Å². The SMILES string of the molecule is Cc1ccc(Cl)c(NC(=O)c2ccc(NN)cn2)c1Cl. The Morgan fingerprint density at radius 2 is 2.00 bits per heavy atom. The van der Waals surface area contributed by atoms with Gasteiger partial charge < -0.3 is 10.7 Å². The van der Waals surface area contributed by atoms with Crippen LogP contribution in [0.3, 0.4) is 0 Å². The van der Waals surface area contributed by atoms with Crippen molar-refractivity contribution in [3.8, 4) is 0 Å². The highest BCUT2D eigenvalue weighted by molar-refractivity contribution is 6.40. The zero-order valence-corrected chi connectivity index (χ0v) is 12.1. The minimum atomic E-state index is -0.400. The molecule has 2 aromatic rings. The minimum Gasteiger partial charge on any atom is -0.323 e. The average Bonchev–Trinajstić information content (AvgIpc) is 2.47. The first-order valence-electron chi connectivity index (χ1n) is 5.71. The fourth-order valence-electron chi connectivity index (χ4n) is 1.56. The fourth-order valence-corrected chi connectivity index (χ4v) is 2.03. The zero-order chi connectivity index (χ0) is 14.7. The molecule has 0 fully saturated rings. The van der Waals surface area contributed by atoms with Crippen molar-refractivity contribution in [2.45, 2.75) is 6.92 Å². The van der Waals surface area contributed by atoms with Crippen molar-refractivity contribution < 1.29 is 4.79 Å². The lowest BCUT2D eigenvalue weighted by Gasteiger charge is -2.11. The predicted molar refractivity (Wildman–Crippen MR) is 81.2 cm³/mol. The fraction of sp³-hybridized carbons (Fsp3) is 0.0769. The summed E-state index contributed by atoms with van der Waals surface area (Å²) in [6.45, 7) is 1.83. The smallest absolute Gasteiger partial charge is 0.274 e. The normalized spacial score (nSPS) is 10.2. The Morgan fingerprint density at radius 3 is 2.60 bits per heavy atom. The zero-order valence-electron chi connectivity index (χ0n) is 10.6. The van der Waals surface area contributed by atoms with Crippen molar-refractivity contribution in [2.75, 3.05) is 10.7 Å². The first kappa shape index (κ1) is 14.6. The van der Waals surface area contributed by atoms with E-state index in [0.29, 0.717) is 21.4 Å². The second-order valence-corrected chi connectivity index (χ2v) is 4.87. The lowest BCUT2D eigenvalue weighted by molar-refractivity contribution is 0.102. The second kappa shape index (κ2) is 6.09. The Kier molecular flexibility index (Phi) is 4.44. The number of carbonyl (C=O) groups excluding carboxylic acids is 1. The highest BCUT2D eigenvalue weighted by Crippen LogP contribution is 2.33. The third-order valence-electron chi connectivity index (χ3n) is 2.69. The molecule has 104 valence electrons. The number of pyridine rings is 1. The number of aromatic nitrogens is 1. The van der Waals surface area contributed by atoms with Crippen LogP contribution in [0.25, 0.3) is 0 Å². The summed E-state index contributed by atoms with van der Waals surface area (Å²) in [5.74, 6) is 4.83. The molecule has 0 unspecified atom stereocenters. The molecule has 1 heterocycles. The van der Waals surface area contributed by atoms with Gasteiger partial charge in [-0.25, -0.2) is 4.98 Å². The Bertz CT molecular complexity index is 644. The third kappa shape index (κ3) is 3.01. The molecule has 0 bridgehead atoms. The monoisotopic (exact) mass is 310 g/mol. The van der Waals surface area contributed by atoms with Gasteiger partial charge in [-0.3, -0.25) is 10.6 Å². The summed E-state index contributed by atoms with van der Waals surface area (Å²) in [5.41, 5.74) is 4.47. The molecule has 0 aliphatic rings. The molecule has 7 heteroatoms. The Balaban J connectivity index is 2.25. The van der Waals surface area contributed by atoms with Crippen LogP contribution in [0.5, 0.6) is 0 Å². The van der Waals surface area contributed by atoms with Crippen LogP contribution in [0.2, 0.25) is 10.0 Å². The molecular formula is C13H12Cl2N4O. The molecule has 0 spiro atoms. The van der Waals surface area contributed by atoms with Crippen LogP contribution in [0, 0.1) is 6.92 Å². The number of carbonyl (C=O) groups is 1. The molecule has 1 amide bonds. The number of benzene rings is 1. The maximum Gasteiger partial charge on any atom is 0.274 e. The van der Waals surface area contributed by atoms with E-state index in [1.54, 1.807) is 24.3 Å². The van der Waals surface area contributed by atoms with Gasteiger partial charge in [-0.15, -0.1) is 0 Å². The van der Waals surface area contributed by atoms with E-state index in [9.17, 15) is 4.79 Å². The van der Waals surface area contributed by atoms with E-state index in [2.05, 4.69) is 15.7 Å². The molecule has 0 radical (unpaired) electrons. The highest BCUT2D eigenvalue weighted by Gasteiger charge is 2.14. The summed E-state index contributed by atoms with van der Waals surface area (Å²) in [4.78, 5) is 16.1. The van der Waals surface area contributed by atoms with E-state index < -0.39 is 5.91 Å². The number of anilines is 2. The number of hydrogen-bond acceptors (Lipinski definition) is 4. The maximum absolute atomic E-state index is 12.1. The summed E-state index contributed by atoms with van der Waals surface area (Å²) >= 11 is 12.2. The molecule has 1 aromatic heterocycles. The van der Waals surface area contributed by atoms with Crippen LogP contribution in [-0.4, -0.2) is 10.9 Å². The Hall–Kier alpha value is -1.82. The van der Waals surface area contributed by atoms with Gasteiger partial charge in [0.15, 0.2) is 0 Å². The summed E-state index contributed by atoms with van der Waals surface area (Å²) < 4.78 is 0. The Morgan fingerprint density at radius 1 is 1.25 bits per heavy atom. The van der Waals surface area contributed by atoms with Gasteiger partial charge in [-0.1, -0.05) is 29.3 Å². The van der Waals surface area contributed by atoms with E-state index in [1.165, 1.54) is 6.20 Å². The molecular weight excluding hydrogens is 299 g/mol. The van der Waals surface area contributed by atoms with Crippen molar-refractivity contribution >= 4 is 40.5 Å². The summed E-state index contributed by atoms with van der Waals surface area (Å²) in [6, 6.07) is 6.64. The van der Waals surface area contributed by atoms with Gasteiger partial charge in [0, 0.05) is 0 Å². The lowest BCUT2D eigenvalue weighted by atomic mass is 10.2. The minimum absolute atomic E-state index is 0.234. The molecule has 20 heavy (non-hydrogen) atoms. The van der Waals surface area contributed by atoms with Crippen LogP contribution >= 0.6 is 23.2 Å². The summed E-state index contributed by atoms with van der Waals surface area (Å²) in [5, 5.41) is 3.43. The average molecular weight is 311 g/mol. The number of amides is 1. The van der Waals surface area contributed by atoms with Gasteiger partial charge in [0.2, 0.25) is 0 Å². The molecule has 4 N–H and O–H groups in total. The molecule has 0 atom stereocenters. The molecule has 0 saturated carbocycles. The highest BCUT2D eigenvalue weighted by atomic mass is 35.5. The van der Waals surface area contributed by atoms with Gasteiger partial charge in [0.1, 0.15) is 5.69 Å². The Labute approximate surface area is 126 Å². The molecule has 0 aliphatic carbocycles. The maximum atomic E-state index is 12.1. The van der Waals surface area contributed by atoms with Crippen molar-refractivity contribution in [1.82, 2.24) is 4.98 Å². The van der Waals surface area contributed by atoms with Gasteiger partial charge in [-0.05, 0) is 30.7 Å². The van der Waals surface area contributed by atoms with Crippen LogP contribution in [-0.2, 0) is 0 Å². The van der Waals surface area contributed by atoms with Gasteiger partial charge >= 0.3 is 0 Å². The van der Waals surface area contributed by atoms with Gasteiger partial charge in [-0.2, -0.15) is 0 Å². The second-order valence-electron chi connectivity index (χ2n) is 4.08. The van der Waals surface area contributed by atoms with Crippen LogP contribution < -0.4 is 16.6 Å². The number of nitrogen functional groups attached to an aromatic ring is 1. The van der Waals surface area contributed by atoms with E-state index in [1.807, 2.05) is 6.92 Å². The van der Waals surface area contributed by atoms with E-state index in [4.69, 9.17) is 29.0 Å². The number of nitrogens with zero attached hydrogens (tertiary/aromatic N) is 1. The quantitative estimate of drug-likeness (QED) is 0.600. The lowest BCUT2D eigenvalue weighted by Crippen LogP contribution is -2.15. The van der Waals surface area contributed by atoms with E-state index in [0.717, 1.165) is 5.56 Å². The number of nitrogens with two attached hydrogens (primary N) is 1. The van der Waals surface area contributed by atoms with Crippen LogP contribution in [0.15, 0.2) is 30.5 Å². The molecule has 5 nitrogen and oxygen atoms in total. The van der Waals surface area contributed by atoms with Crippen LogP contribution in [0.4, 0.5) is 11.4 Å². The van der Waals surface area contributed by atoms with Gasteiger partial charge in [0.05, 0.1) is 27.6 Å². The van der Waals surface area contributed by atoms with E-state index >= 15 is 0 Å². The number of halogens is 2.